The van der Waals surface area contributed by atoms with Gasteiger partial charge in [-0.25, -0.2) is 4.68 Å². The number of hydrogen-bond donors (Lipinski definition) is 0. The van der Waals surface area contributed by atoms with Gasteiger partial charge in [0.1, 0.15) is 11.4 Å². The molecule has 0 fully saturated rings. The van der Waals surface area contributed by atoms with E-state index in [0.717, 1.165) is 38.3 Å². The molecule has 182 valence electrons. The molecule has 0 aliphatic heterocycles. The lowest BCUT2D eigenvalue weighted by molar-refractivity contribution is 0.340. The highest BCUT2D eigenvalue weighted by Crippen LogP contribution is 2.27. The van der Waals surface area contributed by atoms with Crippen LogP contribution in [0.4, 0.5) is 0 Å². The van der Waals surface area contributed by atoms with Crippen molar-refractivity contribution in [1.82, 2.24) is 24.4 Å². The fourth-order valence-electron chi connectivity index (χ4n) is 4.00. The van der Waals surface area contributed by atoms with Crippen LogP contribution in [0.2, 0.25) is 0 Å². The Hall–Kier alpha value is -4.08. The lowest BCUT2D eigenvalue weighted by atomic mass is 10.1. The molecule has 7 nitrogen and oxygen atoms in total. The maximum atomic E-state index is 13.3. The Labute approximate surface area is 224 Å². The van der Waals surface area contributed by atoms with Crippen molar-refractivity contribution in [3.05, 3.63) is 110 Å². The molecule has 0 amide bonds. The number of thiazole rings is 1. The van der Waals surface area contributed by atoms with E-state index in [1.807, 2.05) is 103 Å². The first-order valence-electron chi connectivity index (χ1n) is 11.6. The molecule has 0 aliphatic carbocycles. The van der Waals surface area contributed by atoms with Crippen LogP contribution in [0.5, 0.6) is 5.75 Å². The summed E-state index contributed by atoms with van der Waals surface area (Å²) in [6.45, 7) is 2.56. The summed E-state index contributed by atoms with van der Waals surface area (Å²) in [6, 6.07) is 25.4. The van der Waals surface area contributed by atoms with Gasteiger partial charge in [0.15, 0.2) is 5.82 Å². The normalized spacial score (nSPS) is 11.9. The summed E-state index contributed by atoms with van der Waals surface area (Å²) < 4.78 is 10.3. The smallest absolute Gasteiger partial charge is 0.291 e. The predicted octanol–water partition coefficient (Wildman–Crippen LogP) is 5.38. The van der Waals surface area contributed by atoms with Crippen molar-refractivity contribution in [2.75, 3.05) is 6.61 Å². The average Bonchev–Trinajstić information content (AvgIpc) is 3.61. The van der Waals surface area contributed by atoms with Crippen LogP contribution in [0, 0.1) is 0 Å². The number of hydrogen-bond acceptors (Lipinski definition) is 6. The molecule has 0 saturated carbocycles. The van der Waals surface area contributed by atoms with E-state index in [2.05, 4.69) is 26.0 Å². The molecule has 0 saturated heterocycles. The van der Waals surface area contributed by atoms with Gasteiger partial charge in [-0.1, -0.05) is 57.6 Å². The zero-order valence-electron chi connectivity index (χ0n) is 19.7. The maximum Gasteiger partial charge on any atom is 0.291 e. The highest BCUT2D eigenvalue weighted by atomic mass is 79.9. The van der Waals surface area contributed by atoms with Crippen molar-refractivity contribution in [1.29, 1.82) is 0 Å². The van der Waals surface area contributed by atoms with Gasteiger partial charge in [0.05, 0.1) is 16.8 Å². The summed E-state index contributed by atoms with van der Waals surface area (Å²) in [4.78, 5) is 18.4. The summed E-state index contributed by atoms with van der Waals surface area (Å²) in [5, 5.41) is 9.33. The third-order valence-electron chi connectivity index (χ3n) is 5.77. The number of aromatic nitrogens is 5. The molecule has 37 heavy (non-hydrogen) atoms. The summed E-state index contributed by atoms with van der Waals surface area (Å²) >= 11 is 4.75. The van der Waals surface area contributed by atoms with Gasteiger partial charge < -0.3 is 4.74 Å². The molecule has 0 bridgehead atoms. The standard InChI is InChI=1S/C28H20BrN5O2S/c1-2-36-23-14-10-18(11-15-23)25-20(17-33(31-25)22-6-4-3-5-7-22)16-24-27(35)34-28(37-24)30-26(32-34)19-8-12-21(29)13-9-19/h3-17H,2H2,1H3/b24-16-. The van der Waals surface area contributed by atoms with E-state index in [1.165, 1.54) is 15.9 Å². The van der Waals surface area contributed by atoms with Gasteiger partial charge in [-0.2, -0.15) is 14.6 Å². The molecule has 6 aromatic rings. The van der Waals surface area contributed by atoms with Gasteiger partial charge in [-0.05, 0) is 61.5 Å². The molecule has 3 aromatic heterocycles. The lowest BCUT2D eigenvalue weighted by Gasteiger charge is -2.04. The summed E-state index contributed by atoms with van der Waals surface area (Å²) in [5.74, 6) is 1.32. The van der Waals surface area contributed by atoms with E-state index < -0.39 is 0 Å². The number of nitrogens with zero attached hydrogens (tertiary/aromatic N) is 5. The van der Waals surface area contributed by atoms with Crippen molar-refractivity contribution in [2.24, 2.45) is 0 Å². The number of fused-ring (bicyclic) bond motifs is 1. The molecule has 0 spiro atoms. The Bertz CT molecular complexity index is 1810. The largest absolute Gasteiger partial charge is 0.494 e. The molecule has 9 heteroatoms. The second kappa shape index (κ2) is 9.76. The number of para-hydroxylation sites is 1. The lowest BCUT2D eigenvalue weighted by Crippen LogP contribution is -2.23. The Balaban J connectivity index is 1.45. The second-order valence-corrected chi connectivity index (χ2v) is 10.1. The third-order valence-corrected chi connectivity index (χ3v) is 7.26. The van der Waals surface area contributed by atoms with E-state index in [9.17, 15) is 4.79 Å². The molecule has 0 aliphatic rings. The highest BCUT2D eigenvalue weighted by Gasteiger charge is 2.15. The van der Waals surface area contributed by atoms with E-state index in [-0.39, 0.29) is 5.56 Å². The predicted molar refractivity (Wildman–Crippen MR) is 149 cm³/mol. The minimum Gasteiger partial charge on any atom is -0.494 e. The van der Waals surface area contributed by atoms with Gasteiger partial charge in [-0.3, -0.25) is 4.79 Å². The van der Waals surface area contributed by atoms with Gasteiger partial charge >= 0.3 is 0 Å². The fraction of sp³-hybridized carbons (Fsp3) is 0.0714. The first-order valence-corrected chi connectivity index (χ1v) is 13.3. The molecule has 3 heterocycles. The van der Waals surface area contributed by atoms with Crippen LogP contribution in [-0.4, -0.2) is 31.0 Å². The second-order valence-electron chi connectivity index (χ2n) is 8.22. The summed E-state index contributed by atoms with van der Waals surface area (Å²) in [6.07, 6.45) is 3.80. The highest BCUT2D eigenvalue weighted by molar-refractivity contribution is 9.10. The maximum absolute atomic E-state index is 13.3. The molecule has 0 N–H and O–H groups in total. The van der Waals surface area contributed by atoms with Gasteiger partial charge in [0.2, 0.25) is 4.96 Å². The fourth-order valence-corrected chi connectivity index (χ4v) is 5.17. The molecule has 6 rings (SSSR count). The van der Waals surface area contributed by atoms with E-state index in [4.69, 9.17) is 9.84 Å². The quantitative estimate of drug-likeness (QED) is 0.269. The zero-order chi connectivity index (χ0) is 25.4. The molecule has 3 aromatic carbocycles. The summed E-state index contributed by atoms with van der Waals surface area (Å²) in [7, 11) is 0. The first kappa shape index (κ1) is 23.3. The van der Waals surface area contributed by atoms with Crippen LogP contribution in [0.1, 0.15) is 12.5 Å². The Morgan fingerprint density at radius 3 is 2.38 bits per heavy atom. The minimum absolute atomic E-state index is 0.207. The SMILES string of the molecule is CCOc1ccc(-c2nn(-c3ccccc3)cc2/C=c2\sc3nc(-c4ccc(Br)cc4)nn3c2=O)cc1. The van der Waals surface area contributed by atoms with Gasteiger partial charge in [0, 0.05) is 27.4 Å². The van der Waals surface area contributed by atoms with Crippen LogP contribution in [0.15, 0.2) is 94.3 Å². The van der Waals surface area contributed by atoms with Gasteiger partial charge in [0.25, 0.3) is 5.56 Å². The average molecular weight is 570 g/mol. The topological polar surface area (TPSA) is 74.3 Å². The summed E-state index contributed by atoms with van der Waals surface area (Å²) in [5.41, 5.74) is 4.09. The first-order chi connectivity index (χ1) is 18.1. The molecule has 0 radical (unpaired) electrons. The van der Waals surface area contributed by atoms with Crippen molar-refractivity contribution in [3.63, 3.8) is 0 Å². The Kier molecular flexibility index (Phi) is 6.15. The van der Waals surface area contributed by atoms with E-state index in [0.29, 0.717) is 21.9 Å². The molecule has 0 unspecified atom stereocenters. The van der Waals surface area contributed by atoms with E-state index in [1.54, 1.807) is 0 Å². The Morgan fingerprint density at radius 1 is 0.946 bits per heavy atom. The van der Waals surface area contributed by atoms with Crippen molar-refractivity contribution >= 4 is 38.3 Å². The zero-order valence-corrected chi connectivity index (χ0v) is 22.1. The molecule has 0 atom stereocenters. The van der Waals surface area contributed by atoms with Crippen molar-refractivity contribution < 1.29 is 4.74 Å². The number of ether oxygens (including phenoxy) is 1. The monoisotopic (exact) mass is 569 g/mol. The van der Waals surface area contributed by atoms with Crippen LogP contribution >= 0.6 is 27.3 Å². The van der Waals surface area contributed by atoms with Gasteiger partial charge in [-0.15, -0.1) is 5.10 Å². The molecular formula is C28H20BrN5O2S. The van der Waals surface area contributed by atoms with E-state index >= 15 is 0 Å². The number of rotatable bonds is 6. The minimum atomic E-state index is -0.207. The number of benzene rings is 3. The van der Waals surface area contributed by atoms with Crippen LogP contribution in [-0.2, 0) is 0 Å². The van der Waals surface area contributed by atoms with Crippen LogP contribution < -0.4 is 14.8 Å². The van der Waals surface area contributed by atoms with Crippen LogP contribution in [0.3, 0.4) is 0 Å². The van der Waals surface area contributed by atoms with Crippen molar-refractivity contribution in [3.8, 4) is 34.1 Å². The third kappa shape index (κ3) is 4.59. The van der Waals surface area contributed by atoms with Crippen molar-refractivity contribution in [2.45, 2.75) is 6.92 Å². The molecular weight excluding hydrogens is 550 g/mol. The van der Waals surface area contributed by atoms with Crippen LogP contribution in [0.25, 0.3) is 39.4 Å². The number of halogens is 1. The Morgan fingerprint density at radius 2 is 1.68 bits per heavy atom.